The van der Waals surface area contributed by atoms with E-state index in [4.69, 9.17) is 0 Å². The first kappa shape index (κ1) is 42.8. The molecule has 0 heterocycles. The lowest BCUT2D eigenvalue weighted by Gasteiger charge is -2.14. The maximum atomic E-state index is 12.0. The van der Waals surface area contributed by atoms with E-state index in [0.29, 0.717) is 0 Å². The van der Waals surface area contributed by atoms with Crippen molar-refractivity contribution in [2.24, 2.45) is 0 Å². The maximum absolute atomic E-state index is 12.0. The van der Waals surface area contributed by atoms with Crippen molar-refractivity contribution in [2.75, 3.05) is 0 Å². The van der Waals surface area contributed by atoms with Gasteiger partial charge in [-0.1, -0.05) is 212 Å². The Balaban J connectivity index is 1.69. The Hall–Kier alpha value is -1.39. The van der Waals surface area contributed by atoms with Crippen LogP contribution in [0.4, 0.5) is 0 Å². The molecular formula is C44H76O3S. The Morgan fingerprint density at radius 1 is 0.438 bits per heavy atom. The van der Waals surface area contributed by atoms with Crippen molar-refractivity contribution in [3.8, 4) is 0 Å². The molecule has 0 radical (unpaired) electrons. The summed E-state index contributed by atoms with van der Waals surface area (Å²) in [5.74, 6) is 0. The van der Waals surface area contributed by atoms with Crippen LogP contribution in [-0.4, -0.2) is 13.0 Å². The predicted molar refractivity (Wildman–Crippen MR) is 211 cm³/mol. The summed E-state index contributed by atoms with van der Waals surface area (Å²) in [4.78, 5) is 0.0110. The summed E-state index contributed by atoms with van der Waals surface area (Å²) >= 11 is 0. The third kappa shape index (κ3) is 20.3. The lowest BCUT2D eigenvalue weighted by atomic mass is 9.91. The summed E-state index contributed by atoms with van der Waals surface area (Å²) in [6, 6.07) is 9.51. The SMILES string of the molecule is CCCCCCCCCCCCCCCCCc1ccc2ccc(S(=O)(=O)O)cc2c1CCCCCCCCCCCCCCCCC. The molecule has 0 saturated carbocycles. The average molecular weight is 685 g/mol. The van der Waals surface area contributed by atoms with Crippen molar-refractivity contribution >= 4 is 20.9 Å². The number of fused-ring (bicyclic) bond motifs is 1. The molecule has 4 heteroatoms. The summed E-state index contributed by atoms with van der Waals surface area (Å²) in [6.45, 7) is 4.57. The van der Waals surface area contributed by atoms with Crippen LogP contribution in [0.15, 0.2) is 35.2 Å². The third-order valence-electron chi connectivity index (χ3n) is 10.6. The highest BCUT2D eigenvalue weighted by molar-refractivity contribution is 7.85. The van der Waals surface area contributed by atoms with E-state index in [0.717, 1.165) is 30.0 Å². The Morgan fingerprint density at radius 3 is 1.15 bits per heavy atom. The second kappa shape index (κ2) is 28.3. The highest BCUT2D eigenvalue weighted by atomic mass is 32.2. The Bertz CT molecular complexity index is 1160. The molecule has 48 heavy (non-hydrogen) atoms. The van der Waals surface area contributed by atoms with E-state index in [1.165, 1.54) is 203 Å². The zero-order chi connectivity index (χ0) is 34.5. The second-order valence-corrected chi connectivity index (χ2v) is 16.4. The molecule has 2 aromatic carbocycles. The number of rotatable bonds is 33. The molecule has 2 rings (SSSR count). The minimum atomic E-state index is -4.22. The van der Waals surface area contributed by atoms with E-state index in [1.54, 1.807) is 6.07 Å². The fourth-order valence-corrected chi connectivity index (χ4v) is 7.96. The van der Waals surface area contributed by atoms with E-state index >= 15 is 0 Å². The molecule has 0 aliphatic heterocycles. The largest absolute Gasteiger partial charge is 0.294 e. The van der Waals surface area contributed by atoms with Gasteiger partial charge in [-0.25, -0.2) is 0 Å². The maximum Gasteiger partial charge on any atom is 0.294 e. The fourth-order valence-electron chi connectivity index (χ4n) is 7.46. The van der Waals surface area contributed by atoms with Crippen molar-refractivity contribution in [3.05, 3.63) is 41.5 Å². The first-order valence-corrected chi connectivity index (χ1v) is 22.4. The van der Waals surface area contributed by atoms with Crippen LogP contribution >= 0.6 is 0 Å². The van der Waals surface area contributed by atoms with Crippen LogP contribution in [0.2, 0.25) is 0 Å². The highest BCUT2D eigenvalue weighted by Crippen LogP contribution is 2.29. The van der Waals surface area contributed by atoms with Gasteiger partial charge in [0.2, 0.25) is 0 Å². The van der Waals surface area contributed by atoms with Crippen molar-refractivity contribution < 1.29 is 13.0 Å². The number of unbranched alkanes of at least 4 members (excludes halogenated alkanes) is 28. The van der Waals surface area contributed by atoms with E-state index in [-0.39, 0.29) is 4.90 Å². The molecule has 0 amide bonds. The first-order valence-electron chi connectivity index (χ1n) is 21.0. The fraction of sp³-hybridized carbons (Fsp3) is 0.773. The van der Waals surface area contributed by atoms with Gasteiger partial charge in [-0.15, -0.1) is 0 Å². The summed E-state index contributed by atoms with van der Waals surface area (Å²) in [5, 5.41) is 2.08. The van der Waals surface area contributed by atoms with Gasteiger partial charge in [-0.3, -0.25) is 4.55 Å². The Morgan fingerprint density at radius 2 is 0.771 bits per heavy atom. The summed E-state index contributed by atoms with van der Waals surface area (Å²) < 4.78 is 33.7. The molecule has 276 valence electrons. The Kier molecular flexibility index (Phi) is 25.2. The van der Waals surface area contributed by atoms with Crippen LogP contribution < -0.4 is 0 Å². The number of benzene rings is 2. The average Bonchev–Trinajstić information content (AvgIpc) is 3.08. The molecule has 0 bridgehead atoms. The third-order valence-corrected chi connectivity index (χ3v) is 11.4. The topological polar surface area (TPSA) is 54.4 Å². The lowest BCUT2D eigenvalue weighted by Crippen LogP contribution is -2.01. The van der Waals surface area contributed by atoms with Crippen molar-refractivity contribution in [3.63, 3.8) is 0 Å². The molecule has 0 aliphatic carbocycles. The van der Waals surface area contributed by atoms with Crippen molar-refractivity contribution in [2.45, 2.75) is 224 Å². The van der Waals surface area contributed by atoms with Gasteiger partial charge < -0.3 is 0 Å². The highest BCUT2D eigenvalue weighted by Gasteiger charge is 2.14. The number of hydrogen-bond acceptors (Lipinski definition) is 2. The van der Waals surface area contributed by atoms with Gasteiger partial charge in [-0.2, -0.15) is 8.42 Å². The minimum absolute atomic E-state index is 0.0110. The smallest absolute Gasteiger partial charge is 0.282 e. The number of hydrogen-bond donors (Lipinski definition) is 1. The molecule has 1 N–H and O–H groups in total. The molecule has 0 atom stereocenters. The molecule has 0 aromatic heterocycles. The van der Waals surface area contributed by atoms with Crippen molar-refractivity contribution in [1.82, 2.24) is 0 Å². The molecule has 0 unspecified atom stereocenters. The molecule has 0 saturated heterocycles. The van der Waals surface area contributed by atoms with Crippen LogP contribution in [-0.2, 0) is 23.0 Å². The van der Waals surface area contributed by atoms with E-state index in [2.05, 4.69) is 26.0 Å². The van der Waals surface area contributed by atoms with Crippen molar-refractivity contribution in [1.29, 1.82) is 0 Å². The van der Waals surface area contributed by atoms with Gasteiger partial charge in [0.25, 0.3) is 10.1 Å². The van der Waals surface area contributed by atoms with Gasteiger partial charge in [0, 0.05) is 0 Å². The molecule has 0 fully saturated rings. The zero-order valence-corrected chi connectivity index (χ0v) is 32.5. The predicted octanol–water partition coefficient (Wildman–Crippen LogP) is 14.9. The molecule has 0 aliphatic rings. The standard InChI is InChI=1S/C44H76O3S/c1-3-5-7-9-11-13-15-17-19-21-23-25-27-29-31-33-40-35-36-41-37-38-42(48(45,46)47)39-44(41)43(40)34-32-30-28-26-24-22-20-18-16-14-12-10-8-6-4-2/h35-39H,3-34H2,1-2H3,(H,45,46,47). The zero-order valence-electron chi connectivity index (χ0n) is 31.7. The van der Waals surface area contributed by atoms with Gasteiger partial charge >= 0.3 is 0 Å². The van der Waals surface area contributed by atoms with Crippen LogP contribution in [0, 0.1) is 0 Å². The van der Waals surface area contributed by atoms with Crippen LogP contribution in [0.5, 0.6) is 0 Å². The van der Waals surface area contributed by atoms with Gasteiger partial charge in [0.15, 0.2) is 0 Å². The normalized spacial score (nSPS) is 12.0. The Labute approximate surface area is 298 Å². The van der Waals surface area contributed by atoms with E-state index in [1.807, 2.05) is 6.07 Å². The second-order valence-electron chi connectivity index (χ2n) is 15.0. The summed E-state index contributed by atoms with van der Waals surface area (Å²) in [6.07, 6.45) is 42.9. The number of aryl methyl sites for hydroxylation is 2. The molecular weight excluding hydrogens is 609 g/mol. The summed E-state index contributed by atoms with van der Waals surface area (Å²) in [7, 11) is -4.22. The van der Waals surface area contributed by atoms with Crippen LogP contribution in [0.25, 0.3) is 10.8 Å². The summed E-state index contributed by atoms with van der Waals surface area (Å²) in [5.41, 5.74) is 2.67. The van der Waals surface area contributed by atoms with Gasteiger partial charge in [0.1, 0.15) is 0 Å². The first-order chi connectivity index (χ1) is 23.5. The van der Waals surface area contributed by atoms with E-state index < -0.39 is 10.1 Å². The lowest BCUT2D eigenvalue weighted by molar-refractivity contribution is 0.483. The van der Waals surface area contributed by atoms with Crippen LogP contribution in [0.3, 0.4) is 0 Å². The van der Waals surface area contributed by atoms with Gasteiger partial charge in [0.05, 0.1) is 4.90 Å². The van der Waals surface area contributed by atoms with Crippen LogP contribution in [0.1, 0.15) is 218 Å². The quantitative estimate of drug-likeness (QED) is 0.0601. The van der Waals surface area contributed by atoms with E-state index in [9.17, 15) is 13.0 Å². The monoisotopic (exact) mass is 685 g/mol. The molecule has 3 nitrogen and oxygen atoms in total. The minimum Gasteiger partial charge on any atom is -0.282 e. The molecule has 2 aromatic rings. The van der Waals surface area contributed by atoms with Gasteiger partial charge in [-0.05, 0) is 59.7 Å². The molecule has 0 spiro atoms.